The molecule has 2 aromatic carbocycles. The molecule has 32 heavy (non-hydrogen) atoms. The Hall–Kier alpha value is -3.45. The van der Waals surface area contributed by atoms with Crippen LogP contribution in [0, 0.1) is 5.92 Å². The van der Waals surface area contributed by atoms with Crippen LogP contribution in [0.25, 0.3) is 5.69 Å². The predicted octanol–water partition coefficient (Wildman–Crippen LogP) is 3.70. The topological polar surface area (TPSA) is 65.3 Å². The van der Waals surface area contributed by atoms with Crippen molar-refractivity contribution in [3.63, 3.8) is 0 Å². The smallest absolute Gasteiger partial charge is 0.346 e. The minimum Gasteiger partial charge on any atom is -0.493 e. The van der Waals surface area contributed by atoms with Crippen LogP contribution in [0.5, 0.6) is 17.5 Å². The van der Waals surface area contributed by atoms with Crippen LogP contribution in [0.4, 0.5) is 0 Å². The highest BCUT2D eigenvalue weighted by atomic mass is 16.5. The molecule has 1 aliphatic heterocycles. The first-order valence-electron chi connectivity index (χ1n) is 11.0. The van der Waals surface area contributed by atoms with E-state index in [4.69, 9.17) is 9.47 Å². The summed E-state index contributed by atoms with van der Waals surface area (Å²) in [7, 11) is 3.92. The van der Waals surface area contributed by atoms with E-state index >= 15 is 0 Å². The van der Waals surface area contributed by atoms with E-state index in [1.165, 1.54) is 11.1 Å². The van der Waals surface area contributed by atoms with E-state index in [1.54, 1.807) is 11.8 Å². The average Bonchev–Trinajstić information content (AvgIpc) is 3.30. The zero-order valence-electron chi connectivity index (χ0n) is 18.2. The second kappa shape index (κ2) is 7.31. The average molecular weight is 428 g/mol. The highest BCUT2D eigenvalue weighted by molar-refractivity contribution is 5.61. The number of hydrogen-bond donors (Lipinski definition) is 0. The number of fused-ring (bicyclic) bond motifs is 1. The molecule has 1 saturated heterocycles. The van der Waals surface area contributed by atoms with Gasteiger partial charge in [0.2, 0.25) is 0 Å². The fraction of sp³-hybridized carbons (Fsp3) is 0.320. The van der Waals surface area contributed by atoms with E-state index < -0.39 is 0 Å². The molecule has 7 nitrogen and oxygen atoms in total. The van der Waals surface area contributed by atoms with Crippen molar-refractivity contribution in [2.75, 3.05) is 20.7 Å². The van der Waals surface area contributed by atoms with Crippen LogP contribution in [-0.2, 0) is 11.8 Å². The van der Waals surface area contributed by atoms with Crippen LogP contribution in [0.2, 0.25) is 0 Å². The molecule has 2 aliphatic carbocycles. The quantitative estimate of drug-likeness (QED) is 0.633. The number of aromatic nitrogens is 4. The second-order valence-corrected chi connectivity index (χ2v) is 8.75. The first-order valence-corrected chi connectivity index (χ1v) is 11.0. The monoisotopic (exact) mass is 427 g/mol. The normalized spacial score (nSPS) is 25.8. The number of methoxy groups -OCH3 is 1. The van der Waals surface area contributed by atoms with Gasteiger partial charge in [-0.25, -0.2) is 0 Å². The van der Waals surface area contributed by atoms with E-state index in [0.717, 1.165) is 25.1 Å². The molecule has 3 aromatic rings. The van der Waals surface area contributed by atoms with Gasteiger partial charge >= 0.3 is 6.01 Å². The zero-order valence-corrected chi connectivity index (χ0v) is 18.2. The van der Waals surface area contributed by atoms with Crippen LogP contribution >= 0.6 is 0 Å². The van der Waals surface area contributed by atoms with Gasteiger partial charge in [-0.05, 0) is 60.6 Å². The number of likely N-dealkylation sites (tertiary alicyclic amines) is 1. The highest BCUT2D eigenvalue weighted by Crippen LogP contribution is 2.56. The lowest BCUT2D eigenvalue weighted by Crippen LogP contribution is -2.58. The number of piperidine rings is 1. The second-order valence-electron chi connectivity index (χ2n) is 8.75. The van der Waals surface area contributed by atoms with Crippen molar-refractivity contribution in [2.45, 2.75) is 24.3 Å². The number of ether oxygens (including phenoxy) is 2. The Balaban J connectivity index is 1.52. The predicted molar refractivity (Wildman–Crippen MR) is 120 cm³/mol. The molecule has 1 aromatic heterocycles. The Kier molecular flexibility index (Phi) is 4.40. The van der Waals surface area contributed by atoms with Crippen molar-refractivity contribution in [3.8, 4) is 23.2 Å². The Morgan fingerprint density at radius 2 is 1.97 bits per heavy atom. The number of likely N-dealkylation sites (N-methyl/N-ethyl adjacent to an activating group) is 1. The van der Waals surface area contributed by atoms with Crippen molar-refractivity contribution in [1.82, 2.24) is 25.1 Å². The molecular weight excluding hydrogens is 402 g/mol. The molecule has 0 spiro atoms. The Labute approximate surface area is 186 Å². The lowest BCUT2D eigenvalue weighted by Gasteiger charge is -2.55. The fourth-order valence-corrected chi connectivity index (χ4v) is 5.71. The summed E-state index contributed by atoms with van der Waals surface area (Å²) in [4.78, 5) is 2.50. The molecule has 6 rings (SSSR count). The van der Waals surface area contributed by atoms with Crippen molar-refractivity contribution in [2.24, 2.45) is 5.92 Å². The molecule has 2 bridgehead atoms. The van der Waals surface area contributed by atoms with Gasteiger partial charge in [0, 0.05) is 22.9 Å². The van der Waals surface area contributed by atoms with Crippen LogP contribution in [0.15, 0.2) is 66.8 Å². The molecule has 0 unspecified atom stereocenters. The summed E-state index contributed by atoms with van der Waals surface area (Å²) in [6.45, 7) is 1.04. The maximum atomic E-state index is 6.52. The number of rotatable bonds is 4. The van der Waals surface area contributed by atoms with E-state index in [-0.39, 0.29) is 5.41 Å². The maximum absolute atomic E-state index is 6.52. The molecule has 162 valence electrons. The Bertz CT molecular complexity index is 1220. The molecule has 0 N–H and O–H groups in total. The number of nitrogens with zero attached hydrogens (tertiary/aromatic N) is 5. The third kappa shape index (κ3) is 2.74. The maximum Gasteiger partial charge on any atom is 0.346 e. The number of allylic oxidation sites excluding steroid dienone is 3. The minimum atomic E-state index is -0.131. The molecule has 7 heteroatoms. The van der Waals surface area contributed by atoms with Gasteiger partial charge in [-0.15, -0.1) is 0 Å². The van der Waals surface area contributed by atoms with Gasteiger partial charge < -0.3 is 14.4 Å². The number of hydrogen-bond acceptors (Lipinski definition) is 6. The summed E-state index contributed by atoms with van der Waals surface area (Å²) >= 11 is 0. The molecule has 3 atom stereocenters. The first kappa shape index (κ1) is 19.3. The fourth-order valence-electron chi connectivity index (χ4n) is 5.71. The number of tetrazole rings is 1. The van der Waals surface area contributed by atoms with Gasteiger partial charge in [0.05, 0.1) is 12.8 Å². The van der Waals surface area contributed by atoms with Crippen LogP contribution in [-0.4, -0.2) is 51.9 Å². The molecular formula is C25H25N5O2. The summed E-state index contributed by atoms with van der Waals surface area (Å²) in [5.41, 5.74) is 3.21. The van der Waals surface area contributed by atoms with Crippen LogP contribution < -0.4 is 9.47 Å². The summed E-state index contributed by atoms with van der Waals surface area (Å²) < 4.78 is 13.9. The van der Waals surface area contributed by atoms with E-state index in [0.29, 0.717) is 29.5 Å². The van der Waals surface area contributed by atoms with Crippen LogP contribution in [0.3, 0.4) is 0 Å². The Morgan fingerprint density at radius 3 is 2.81 bits per heavy atom. The van der Waals surface area contributed by atoms with Crippen LogP contribution in [0.1, 0.15) is 17.5 Å². The molecule has 1 fully saturated rings. The largest absolute Gasteiger partial charge is 0.493 e. The molecule has 0 radical (unpaired) electrons. The van der Waals surface area contributed by atoms with Gasteiger partial charge in [0.15, 0.2) is 11.5 Å². The SMILES string of the molecule is COc1ccc2c(c1Oc1nnnn1-c1ccccc1)[C@@]13C=CC=C[C@H]1[C@@H](C2)N(C)CC3. The summed E-state index contributed by atoms with van der Waals surface area (Å²) in [5.74, 6) is 1.79. The lowest BCUT2D eigenvalue weighted by atomic mass is 9.56. The van der Waals surface area contributed by atoms with Gasteiger partial charge in [-0.3, -0.25) is 0 Å². The van der Waals surface area contributed by atoms with Crippen molar-refractivity contribution < 1.29 is 9.47 Å². The molecule has 0 saturated carbocycles. The zero-order chi connectivity index (χ0) is 21.7. The van der Waals surface area contributed by atoms with E-state index in [1.807, 2.05) is 36.4 Å². The molecule has 0 amide bonds. The van der Waals surface area contributed by atoms with Gasteiger partial charge in [-0.1, -0.05) is 53.7 Å². The molecule has 2 heterocycles. The van der Waals surface area contributed by atoms with Crippen molar-refractivity contribution >= 4 is 0 Å². The van der Waals surface area contributed by atoms with Crippen molar-refractivity contribution in [1.29, 1.82) is 0 Å². The molecule has 3 aliphatic rings. The summed E-state index contributed by atoms with van der Waals surface area (Å²) in [5, 5.41) is 12.2. The first-order chi connectivity index (χ1) is 15.7. The Morgan fingerprint density at radius 1 is 1.09 bits per heavy atom. The number of benzene rings is 2. The standard InChI is InChI=1S/C25H25N5O2/c1-29-15-14-25-13-7-6-10-19(25)20(29)16-17-11-12-21(31-2)23(22(17)25)32-24-26-27-28-30(24)18-8-4-3-5-9-18/h3-13,19-20H,14-16H2,1-2H3/t19-,20+,25+/m0/s1. The lowest BCUT2D eigenvalue weighted by molar-refractivity contribution is 0.0781. The van der Waals surface area contributed by atoms with E-state index in [9.17, 15) is 0 Å². The summed E-state index contributed by atoms with van der Waals surface area (Å²) in [6, 6.07) is 14.7. The number of para-hydroxylation sites is 1. The van der Waals surface area contributed by atoms with Gasteiger partial charge in [0.25, 0.3) is 0 Å². The third-order valence-corrected chi connectivity index (χ3v) is 7.23. The third-order valence-electron chi connectivity index (χ3n) is 7.23. The summed E-state index contributed by atoms with van der Waals surface area (Å²) in [6.07, 6.45) is 11.1. The van der Waals surface area contributed by atoms with Crippen molar-refractivity contribution in [3.05, 3.63) is 77.9 Å². The highest BCUT2D eigenvalue weighted by Gasteiger charge is 2.52. The van der Waals surface area contributed by atoms with Gasteiger partial charge in [0.1, 0.15) is 0 Å². The van der Waals surface area contributed by atoms with Gasteiger partial charge in [-0.2, -0.15) is 4.68 Å². The minimum absolute atomic E-state index is 0.131. The van der Waals surface area contributed by atoms with E-state index in [2.05, 4.69) is 57.8 Å².